The molecule has 168 valence electrons. The third-order valence-electron chi connectivity index (χ3n) is 4.29. The maximum absolute atomic E-state index is 13.8. The van der Waals surface area contributed by atoms with Crippen LogP contribution in [0.2, 0.25) is 0 Å². The Morgan fingerprint density at radius 2 is 1.84 bits per heavy atom. The van der Waals surface area contributed by atoms with Crippen molar-refractivity contribution in [1.82, 2.24) is 15.1 Å². The number of benzene rings is 1. The van der Waals surface area contributed by atoms with Crippen molar-refractivity contribution >= 4 is 16.7 Å². The molecule has 0 aliphatic rings. The van der Waals surface area contributed by atoms with E-state index in [4.69, 9.17) is 11.5 Å². The number of allylic oxidation sites excluding steroid dienone is 1. The second-order valence-corrected chi connectivity index (χ2v) is 6.86. The lowest BCUT2D eigenvalue weighted by atomic mass is 9.98. The van der Waals surface area contributed by atoms with Gasteiger partial charge in [0.2, 0.25) is 5.91 Å². The smallest absolute Gasteiger partial charge is 0.405 e. The van der Waals surface area contributed by atoms with Crippen LogP contribution in [0.4, 0.5) is 22.0 Å². The number of carbonyl (C=O) groups is 1. The maximum Gasteiger partial charge on any atom is 0.458 e. The zero-order chi connectivity index (χ0) is 23.6. The van der Waals surface area contributed by atoms with Crippen LogP contribution < -0.4 is 22.3 Å². The molecule has 0 aliphatic heterocycles. The zero-order valence-corrected chi connectivity index (χ0v) is 16.5. The second kappa shape index (κ2) is 8.74. The van der Waals surface area contributed by atoms with Gasteiger partial charge in [-0.1, -0.05) is 19.9 Å². The molecule has 0 radical (unpaired) electrons. The monoisotopic (exact) mass is 445 g/mol. The summed E-state index contributed by atoms with van der Waals surface area (Å²) in [6.45, 7) is 2.68. The molecule has 1 aromatic heterocycles. The molecule has 5 N–H and O–H groups in total. The van der Waals surface area contributed by atoms with Crippen LogP contribution in [0.25, 0.3) is 10.8 Å². The summed E-state index contributed by atoms with van der Waals surface area (Å²) in [5, 5.41) is 6.13. The molecule has 1 amide bonds. The number of carbonyl (C=O) groups excluding carboxylic acids is 1. The molecule has 1 aromatic carbocycles. The molecule has 31 heavy (non-hydrogen) atoms. The van der Waals surface area contributed by atoms with Gasteiger partial charge in [0.1, 0.15) is 6.54 Å². The third kappa shape index (κ3) is 4.84. The number of aromatic nitrogens is 2. The van der Waals surface area contributed by atoms with Crippen LogP contribution in [0.1, 0.15) is 31.0 Å². The lowest BCUT2D eigenvalue weighted by molar-refractivity contribution is -0.289. The Labute approximate surface area is 173 Å². The summed E-state index contributed by atoms with van der Waals surface area (Å²) in [7, 11) is 0. The fraction of sp³-hybridized carbons (Fsp3) is 0.316. The second-order valence-electron chi connectivity index (χ2n) is 6.86. The first-order chi connectivity index (χ1) is 14.3. The number of alkyl halides is 5. The van der Waals surface area contributed by atoms with Gasteiger partial charge >= 0.3 is 12.1 Å². The average Bonchev–Trinajstić information content (AvgIpc) is 2.68. The van der Waals surface area contributed by atoms with Crippen LogP contribution in [0.15, 0.2) is 47.2 Å². The van der Waals surface area contributed by atoms with Crippen LogP contribution in [0, 0.1) is 0 Å². The largest absolute Gasteiger partial charge is 0.458 e. The van der Waals surface area contributed by atoms with Gasteiger partial charge in [0.05, 0.1) is 16.8 Å². The van der Waals surface area contributed by atoms with Crippen molar-refractivity contribution in [3.05, 3.63) is 64.0 Å². The molecule has 0 spiro atoms. The van der Waals surface area contributed by atoms with Gasteiger partial charge in [0.25, 0.3) is 5.56 Å². The first-order valence-corrected chi connectivity index (χ1v) is 8.93. The molecule has 0 atom stereocenters. The molecule has 0 saturated heterocycles. The highest BCUT2D eigenvalue weighted by Gasteiger charge is 2.58. The van der Waals surface area contributed by atoms with Gasteiger partial charge in [-0.25, -0.2) is 4.68 Å². The summed E-state index contributed by atoms with van der Waals surface area (Å²) in [6.07, 6.45) is -2.30. The van der Waals surface area contributed by atoms with Crippen LogP contribution >= 0.6 is 0 Å². The minimum Gasteiger partial charge on any atom is -0.405 e. The topological polar surface area (TPSA) is 116 Å². The lowest BCUT2D eigenvalue weighted by Crippen LogP contribution is -2.35. The number of fused-ring (bicyclic) bond motifs is 1. The van der Waals surface area contributed by atoms with Crippen molar-refractivity contribution < 1.29 is 26.7 Å². The number of nitrogens with two attached hydrogens (primary N) is 2. The van der Waals surface area contributed by atoms with Gasteiger partial charge in [-0.2, -0.15) is 27.1 Å². The molecular weight excluding hydrogens is 425 g/mol. The summed E-state index contributed by atoms with van der Waals surface area (Å²) in [5.41, 5.74) is 8.66. The maximum atomic E-state index is 13.8. The van der Waals surface area contributed by atoms with Crippen molar-refractivity contribution in [1.29, 1.82) is 0 Å². The van der Waals surface area contributed by atoms with Gasteiger partial charge in [0, 0.05) is 17.1 Å². The van der Waals surface area contributed by atoms with Gasteiger partial charge in [-0.3, -0.25) is 9.59 Å². The molecule has 2 aromatic rings. The Hall–Kier alpha value is -3.44. The number of nitrogens with one attached hydrogen (secondary N) is 1. The van der Waals surface area contributed by atoms with Crippen molar-refractivity contribution in [3.63, 3.8) is 0 Å². The van der Waals surface area contributed by atoms with E-state index in [0.717, 1.165) is 23.1 Å². The van der Waals surface area contributed by atoms with Gasteiger partial charge in [-0.05, 0) is 30.3 Å². The Balaban J connectivity index is 2.58. The number of nitrogens with zero attached hydrogens (tertiary/aromatic N) is 2. The van der Waals surface area contributed by atoms with Gasteiger partial charge < -0.3 is 16.8 Å². The number of hydrogen-bond donors (Lipinski definition) is 3. The van der Waals surface area contributed by atoms with E-state index in [9.17, 15) is 31.5 Å². The van der Waals surface area contributed by atoms with E-state index in [2.05, 4.69) is 10.4 Å². The summed E-state index contributed by atoms with van der Waals surface area (Å²) >= 11 is 0. The van der Waals surface area contributed by atoms with E-state index in [1.807, 2.05) is 0 Å². The van der Waals surface area contributed by atoms with Crippen LogP contribution in [0.5, 0.6) is 0 Å². The third-order valence-corrected chi connectivity index (χ3v) is 4.29. The summed E-state index contributed by atoms with van der Waals surface area (Å²) in [6, 6.07) is 2.02. The fourth-order valence-corrected chi connectivity index (χ4v) is 2.78. The lowest BCUT2D eigenvalue weighted by Gasteiger charge is -2.21. The molecule has 2 rings (SSSR count). The van der Waals surface area contributed by atoms with E-state index in [0.29, 0.717) is 12.1 Å². The molecule has 0 fully saturated rings. The van der Waals surface area contributed by atoms with Crippen molar-refractivity contribution in [2.75, 3.05) is 0 Å². The first kappa shape index (κ1) is 23.8. The van der Waals surface area contributed by atoms with Crippen LogP contribution in [-0.2, 0) is 17.3 Å². The number of rotatable bonds is 6. The number of halogens is 5. The fourth-order valence-electron chi connectivity index (χ4n) is 2.78. The predicted molar refractivity (Wildman–Crippen MR) is 104 cm³/mol. The highest BCUT2D eigenvalue weighted by molar-refractivity contribution is 5.85. The zero-order valence-electron chi connectivity index (χ0n) is 16.5. The highest BCUT2D eigenvalue weighted by atomic mass is 19.4. The normalized spacial score (nSPS) is 13.4. The van der Waals surface area contributed by atoms with Crippen LogP contribution in [-0.4, -0.2) is 21.9 Å². The highest BCUT2D eigenvalue weighted by Crippen LogP contribution is 2.44. The first-order valence-electron chi connectivity index (χ1n) is 8.93. The SMILES string of the molecule is CC(C)c1nn(CC(=O)NC(/C=C\N)=C/N)c(=O)c2ccc(C(F)(F)C(F)(F)F)cc12. The van der Waals surface area contributed by atoms with Crippen LogP contribution in [0.3, 0.4) is 0 Å². The molecule has 0 aliphatic carbocycles. The molecule has 0 unspecified atom stereocenters. The Morgan fingerprint density at radius 3 is 2.35 bits per heavy atom. The molecule has 0 bridgehead atoms. The number of hydrogen-bond acceptors (Lipinski definition) is 5. The summed E-state index contributed by atoms with van der Waals surface area (Å²) in [5.74, 6) is -6.24. The van der Waals surface area contributed by atoms with E-state index >= 15 is 0 Å². The van der Waals surface area contributed by atoms with E-state index < -0.39 is 41.6 Å². The van der Waals surface area contributed by atoms with Crippen molar-refractivity contribution in [2.45, 2.75) is 38.4 Å². The van der Waals surface area contributed by atoms with Gasteiger partial charge in [-0.15, -0.1) is 0 Å². The Kier molecular flexibility index (Phi) is 6.72. The standard InChI is InChI=1S/C19H20F5N5O2/c1-10(2)16-14-7-11(18(20,21)19(22,23)24)3-4-13(14)17(31)29(28-16)9-15(30)27-12(8-26)5-6-25/h3-8,10H,9,25-26H2,1-2H3,(H,27,30)/b6-5-,12-8+. The minimum atomic E-state index is -5.80. The molecule has 1 heterocycles. The molecular formula is C19H20F5N5O2. The Bertz CT molecular complexity index is 1100. The molecule has 0 saturated carbocycles. The van der Waals surface area contributed by atoms with Gasteiger partial charge in [0.15, 0.2) is 0 Å². The minimum absolute atomic E-state index is 0.0821. The molecule has 12 heteroatoms. The van der Waals surface area contributed by atoms with Crippen molar-refractivity contribution in [2.24, 2.45) is 11.5 Å². The summed E-state index contributed by atoms with van der Waals surface area (Å²) in [4.78, 5) is 24.9. The molecule has 7 nitrogen and oxygen atoms in total. The number of amides is 1. The van der Waals surface area contributed by atoms with E-state index in [1.165, 1.54) is 6.08 Å². The average molecular weight is 445 g/mol. The van der Waals surface area contributed by atoms with E-state index in [-0.39, 0.29) is 22.2 Å². The Morgan fingerprint density at radius 1 is 1.19 bits per heavy atom. The predicted octanol–water partition coefficient (Wildman–Crippen LogP) is 2.56. The quantitative estimate of drug-likeness (QED) is 0.467. The van der Waals surface area contributed by atoms with Crippen molar-refractivity contribution in [3.8, 4) is 0 Å². The summed E-state index contributed by atoms with van der Waals surface area (Å²) < 4.78 is 66.6. The van der Waals surface area contributed by atoms with E-state index in [1.54, 1.807) is 13.8 Å².